The maximum absolute atomic E-state index is 12.0. The summed E-state index contributed by atoms with van der Waals surface area (Å²) in [5.41, 5.74) is 7.19. The Labute approximate surface area is 110 Å². The second-order valence-corrected chi connectivity index (χ2v) is 4.20. The molecule has 0 spiro atoms. The first-order valence-corrected chi connectivity index (χ1v) is 6.04. The molecule has 0 fully saturated rings. The Morgan fingerprint density at radius 2 is 2.16 bits per heavy atom. The van der Waals surface area contributed by atoms with Crippen molar-refractivity contribution in [3.05, 3.63) is 41.2 Å². The molecule has 1 aromatic carbocycles. The monoisotopic (exact) mass is 260 g/mol. The van der Waals surface area contributed by atoms with Crippen LogP contribution in [-0.2, 0) is 6.42 Å². The zero-order valence-corrected chi connectivity index (χ0v) is 10.6. The lowest BCUT2D eigenvalue weighted by atomic mass is 10.1. The average Bonchev–Trinajstić information content (AvgIpc) is 2.94. The number of hydrogen-bond acceptors (Lipinski definition) is 5. The first-order chi connectivity index (χ1) is 9.20. The fourth-order valence-electron chi connectivity index (χ4n) is 1.69. The Hall–Kier alpha value is -2.28. The fourth-order valence-corrected chi connectivity index (χ4v) is 1.69. The summed E-state index contributed by atoms with van der Waals surface area (Å²) in [6.07, 6.45) is 0.807. The lowest BCUT2D eigenvalue weighted by Crippen LogP contribution is -2.27. The molecule has 1 amide bonds. The maximum atomic E-state index is 12.0. The molecule has 2 rings (SSSR count). The summed E-state index contributed by atoms with van der Waals surface area (Å²) in [5.74, 6) is 0.282. The van der Waals surface area contributed by atoms with Crippen molar-refractivity contribution in [2.45, 2.75) is 19.4 Å². The van der Waals surface area contributed by atoms with Crippen LogP contribution >= 0.6 is 0 Å². The number of nitrogens with two attached hydrogens (primary N) is 1. The number of rotatable bonds is 5. The van der Waals surface area contributed by atoms with Crippen molar-refractivity contribution >= 4 is 5.91 Å². The first-order valence-electron chi connectivity index (χ1n) is 6.04. The van der Waals surface area contributed by atoms with E-state index in [0.717, 1.165) is 12.0 Å². The number of carbonyl (C=O) groups excluding carboxylic acids is 1. The molecule has 2 aromatic rings. The van der Waals surface area contributed by atoms with E-state index in [0.29, 0.717) is 17.9 Å². The quantitative estimate of drug-likeness (QED) is 0.711. The fraction of sp³-hybridized carbons (Fsp3) is 0.333. The van der Waals surface area contributed by atoms with E-state index in [2.05, 4.69) is 25.9 Å². The second kappa shape index (κ2) is 6.05. The summed E-state index contributed by atoms with van der Waals surface area (Å²) < 4.78 is 0. The Kier molecular flexibility index (Phi) is 4.19. The first kappa shape index (κ1) is 13.2. The van der Waals surface area contributed by atoms with E-state index >= 15 is 0 Å². The largest absolute Gasteiger partial charge is 0.342 e. The molecule has 0 aliphatic heterocycles. The topological polar surface area (TPSA) is 110 Å². The highest BCUT2D eigenvalue weighted by molar-refractivity contribution is 5.94. The van der Waals surface area contributed by atoms with E-state index in [4.69, 9.17) is 5.73 Å². The number of aromatic nitrogens is 4. The predicted molar refractivity (Wildman–Crippen MR) is 69.3 cm³/mol. The van der Waals surface area contributed by atoms with E-state index in [1.54, 1.807) is 19.1 Å². The van der Waals surface area contributed by atoms with Crippen LogP contribution in [0.25, 0.3) is 0 Å². The molecule has 100 valence electrons. The molecule has 0 aliphatic rings. The SMILES string of the molecule is CC(NC(=O)c1ccc(CCN)cc1)c1nn[nH]n1. The second-order valence-electron chi connectivity index (χ2n) is 4.20. The highest BCUT2D eigenvalue weighted by Crippen LogP contribution is 2.08. The molecule has 7 nitrogen and oxygen atoms in total. The Bertz CT molecular complexity index is 522. The van der Waals surface area contributed by atoms with Gasteiger partial charge in [-0.25, -0.2) is 0 Å². The van der Waals surface area contributed by atoms with Gasteiger partial charge in [0.25, 0.3) is 5.91 Å². The summed E-state index contributed by atoms with van der Waals surface area (Å²) >= 11 is 0. The molecule has 0 radical (unpaired) electrons. The summed E-state index contributed by atoms with van der Waals surface area (Å²) in [4.78, 5) is 12.0. The van der Waals surface area contributed by atoms with Crippen molar-refractivity contribution in [3.63, 3.8) is 0 Å². The highest BCUT2D eigenvalue weighted by atomic mass is 16.1. The third-order valence-electron chi connectivity index (χ3n) is 2.75. The third-order valence-corrected chi connectivity index (χ3v) is 2.75. The molecule has 4 N–H and O–H groups in total. The van der Waals surface area contributed by atoms with E-state index in [9.17, 15) is 4.79 Å². The minimum Gasteiger partial charge on any atom is -0.342 e. The van der Waals surface area contributed by atoms with E-state index in [1.165, 1.54) is 0 Å². The zero-order chi connectivity index (χ0) is 13.7. The van der Waals surface area contributed by atoms with Gasteiger partial charge in [-0.15, -0.1) is 10.2 Å². The van der Waals surface area contributed by atoms with Crippen LogP contribution in [-0.4, -0.2) is 33.1 Å². The lowest BCUT2D eigenvalue weighted by molar-refractivity contribution is 0.0938. The van der Waals surface area contributed by atoms with Crippen molar-refractivity contribution in [3.8, 4) is 0 Å². The van der Waals surface area contributed by atoms with Crippen molar-refractivity contribution < 1.29 is 4.79 Å². The van der Waals surface area contributed by atoms with E-state index < -0.39 is 0 Å². The number of benzene rings is 1. The number of tetrazole rings is 1. The van der Waals surface area contributed by atoms with Crippen LogP contribution in [0.3, 0.4) is 0 Å². The standard InChI is InChI=1S/C12H16N6O/c1-8(11-15-17-18-16-11)14-12(19)10-4-2-9(3-5-10)6-7-13/h2-5,8H,6-7,13H2,1H3,(H,14,19)(H,15,16,17,18). The molecule has 1 unspecified atom stereocenters. The van der Waals surface area contributed by atoms with Gasteiger partial charge in [-0.1, -0.05) is 17.3 Å². The third kappa shape index (κ3) is 3.35. The molecule has 0 saturated carbocycles. The minimum atomic E-state index is -0.296. The van der Waals surface area contributed by atoms with Gasteiger partial charge < -0.3 is 11.1 Å². The summed E-state index contributed by atoms with van der Waals surface area (Å²) in [6, 6.07) is 7.07. The number of nitrogens with zero attached hydrogens (tertiary/aromatic N) is 3. The molecule has 0 bridgehead atoms. The molecule has 1 heterocycles. The van der Waals surface area contributed by atoms with E-state index in [-0.39, 0.29) is 11.9 Å². The number of aromatic amines is 1. The van der Waals surface area contributed by atoms with Crippen LogP contribution in [0.5, 0.6) is 0 Å². The Morgan fingerprint density at radius 1 is 1.42 bits per heavy atom. The molecule has 0 saturated heterocycles. The molecular weight excluding hydrogens is 244 g/mol. The predicted octanol–water partition coefficient (Wildman–Crippen LogP) is 0.192. The number of hydrogen-bond donors (Lipinski definition) is 3. The van der Waals surface area contributed by atoms with Gasteiger partial charge in [0.05, 0.1) is 6.04 Å². The van der Waals surface area contributed by atoms with Gasteiger partial charge in [0.15, 0.2) is 5.82 Å². The smallest absolute Gasteiger partial charge is 0.251 e. The van der Waals surface area contributed by atoms with Crippen LogP contribution in [0.2, 0.25) is 0 Å². The summed E-state index contributed by atoms with van der Waals surface area (Å²) in [6.45, 7) is 2.39. The molecule has 7 heteroatoms. The number of nitrogens with one attached hydrogen (secondary N) is 2. The van der Waals surface area contributed by atoms with Crippen LogP contribution in [0.1, 0.15) is 34.7 Å². The lowest BCUT2D eigenvalue weighted by Gasteiger charge is -2.10. The molecule has 1 aromatic heterocycles. The zero-order valence-electron chi connectivity index (χ0n) is 10.6. The summed E-state index contributed by atoms with van der Waals surface area (Å²) in [7, 11) is 0. The Morgan fingerprint density at radius 3 is 2.74 bits per heavy atom. The van der Waals surface area contributed by atoms with Gasteiger partial charge in [0, 0.05) is 5.56 Å². The average molecular weight is 260 g/mol. The van der Waals surface area contributed by atoms with Crippen molar-refractivity contribution in [2.75, 3.05) is 6.54 Å². The van der Waals surface area contributed by atoms with Crippen LogP contribution in [0, 0.1) is 0 Å². The van der Waals surface area contributed by atoms with Crippen LogP contribution in [0.15, 0.2) is 24.3 Å². The minimum absolute atomic E-state index is 0.170. The number of amides is 1. The molecule has 19 heavy (non-hydrogen) atoms. The van der Waals surface area contributed by atoms with Gasteiger partial charge in [-0.05, 0) is 37.6 Å². The van der Waals surface area contributed by atoms with Crippen molar-refractivity contribution in [2.24, 2.45) is 5.73 Å². The molecule has 0 aliphatic carbocycles. The summed E-state index contributed by atoms with van der Waals surface area (Å²) in [5, 5.41) is 16.3. The number of H-pyrrole nitrogens is 1. The Balaban J connectivity index is 1.99. The van der Waals surface area contributed by atoms with Crippen molar-refractivity contribution in [1.82, 2.24) is 25.9 Å². The van der Waals surface area contributed by atoms with Gasteiger partial charge in [0.1, 0.15) is 0 Å². The van der Waals surface area contributed by atoms with Gasteiger partial charge in [-0.3, -0.25) is 4.79 Å². The van der Waals surface area contributed by atoms with Crippen LogP contribution < -0.4 is 11.1 Å². The van der Waals surface area contributed by atoms with Gasteiger partial charge in [0.2, 0.25) is 0 Å². The molecular formula is C12H16N6O. The van der Waals surface area contributed by atoms with Gasteiger partial charge >= 0.3 is 0 Å². The maximum Gasteiger partial charge on any atom is 0.251 e. The number of carbonyl (C=O) groups is 1. The van der Waals surface area contributed by atoms with Crippen LogP contribution in [0.4, 0.5) is 0 Å². The molecule has 1 atom stereocenters. The van der Waals surface area contributed by atoms with E-state index in [1.807, 2.05) is 12.1 Å². The normalized spacial score (nSPS) is 12.1. The van der Waals surface area contributed by atoms with Gasteiger partial charge in [-0.2, -0.15) is 5.21 Å². The highest BCUT2D eigenvalue weighted by Gasteiger charge is 2.14. The van der Waals surface area contributed by atoms with Crippen molar-refractivity contribution in [1.29, 1.82) is 0 Å².